The maximum absolute atomic E-state index is 13.1. The van der Waals surface area contributed by atoms with Crippen molar-refractivity contribution in [3.8, 4) is 17.6 Å². The van der Waals surface area contributed by atoms with Gasteiger partial charge in [-0.15, -0.1) is 0 Å². The van der Waals surface area contributed by atoms with Crippen LogP contribution in [0.1, 0.15) is 24.8 Å². The van der Waals surface area contributed by atoms with E-state index in [0.29, 0.717) is 56.2 Å². The lowest BCUT2D eigenvalue weighted by molar-refractivity contribution is -0.125. The fraction of sp³-hybridized carbons (Fsp3) is 0.458. The normalized spacial score (nSPS) is 18.2. The fourth-order valence-corrected chi connectivity index (χ4v) is 6.12. The van der Waals surface area contributed by atoms with Gasteiger partial charge in [-0.1, -0.05) is 6.07 Å². The molecule has 188 valence electrons. The number of benzene rings is 1. The summed E-state index contributed by atoms with van der Waals surface area (Å²) in [5.74, 6) is 0.728. The highest BCUT2D eigenvalue weighted by atomic mass is 32.2. The first-order chi connectivity index (χ1) is 16.8. The van der Waals surface area contributed by atoms with Crippen LogP contribution in [-0.4, -0.2) is 81.0 Å². The Morgan fingerprint density at radius 1 is 1.06 bits per heavy atom. The van der Waals surface area contributed by atoms with Crippen LogP contribution < -0.4 is 14.2 Å². The van der Waals surface area contributed by atoms with Gasteiger partial charge in [0.1, 0.15) is 5.75 Å². The van der Waals surface area contributed by atoms with Crippen LogP contribution in [0, 0.1) is 5.41 Å². The molecule has 0 atom stereocenters. The molecule has 0 aliphatic carbocycles. The van der Waals surface area contributed by atoms with Crippen LogP contribution in [-0.2, 0) is 14.8 Å². The number of piperidine rings is 1. The summed E-state index contributed by atoms with van der Waals surface area (Å²) in [6, 6.07) is 6.73. The zero-order chi connectivity index (χ0) is 25.1. The van der Waals surface area contributed by atoms with E-state index in [-0.39, 0.29) is 22.2 Å². The largest absolute Gasteiger partial charge is 0.497 e. The quantitative estimate of drug-likeness (QED) is 0.530. The number of sulfonamides is 1. The molecule has 2 aromatic rings. The standard InChI is InChI=1S/C24H30N4O6S/c1-32-19-5-4-6-20(15-19)35(30,31)28-13-10-24(11-14-28)9-12-27(17-24)21(29)8-7-18-16-25-23(34-3)26-22(18)33-2/h4-8,15-16H,9-14,17H2,1-3H3. The predicted molar refractivity (Wildman–Crippen MR) is 129 cm³/mol. The van der Waals surface area contributed by atoms with E-state index in [1.165, 1.54) is 31.7 Å². The number of hydrogen-bond donors (Lipinski definition) is 0. The smallest absolute Gasteiger partial charge is 0.319 e. The third-order valence-electron chi connectivity index (χ3n) is 6.75. The van der Waals surface area contributed by atoms with E-state index in [2.05, 4.69) is 9.97 Å². The third kappa shape index (κ3) is 5.25. The molecule has 11 heteroatoms. The molecule has 2 aliphatic heterocycles. The van der Waals surface area contributed by atoms with Gasteiger partial charge in [0.25, 0.3) is 0 Å². The maximum Gasteiger partial charge on any atom is 0.319 e. The molecule has 4 rings (SSSR count). The second-order valence-electron chi connectivity index (χ2n) is 8.75. The highest BCUT2D eigenvalue weighted by Gasteiger charge is 2.43. The van der Waals surface area contributed by atoms with Crippen molar-refractivity contribution in [2.75, 3.05) is 47.5 Å². The number of methoxy groups -OCH3 is 3. The van der Waals surface area contributed by atoms with Crippen molar-refractivity contribution in [1.29, 1.82) is 0 Å². The first-order valence-corrected chi connectivity index (χ1v) is 12.8. The van der Waals surface area contributed by atoms with E-state index in [1.54, 1.807) is 36.5 Å². The van der Waals surface area contributed by atoms with E-state index in [0.717, 1.165) is 6.42 Å². The number of carbonyl (C=O) groups excluding carboxylic acids is 1. The number of ether oxygens (including phenoxy) is 3. The summed E-state index contributed by atoms with van der Waals surface area (Å²) < 4.78 is 43.2. The zero-order valence-electron chi connectivity index (χ0n) is 20.1. The average Bonchev–Trinajstić information content (AvgIpc) is 3.30. The summed E-state index contributed by atoms with van der Waals surface area (Å²) in [5, 5.41) is 0. The Balaban J connectivity index is 1.37. The molecule has 0 N–H and O–H groups in total. The minimum absolute atomic E-state index is 0.0647. The van der Waals surface area contributed by atoms with Gasteiger partial charge in [0.2, 0.25) is 21.8 Å². The number of rotatable bonds is 7. The van der Waals surface area contributed by atoms with Gasteiger partial charge in [-0.2, -0.15) is 9.29 Å². The van der Waals surface area contributed by atoms with Gasteiger partial charge in [-0.3, -0.25) is 4.79 Å². The maximum atomic E-state index is 13.1. The molecule has 3 heterocycles. The first-order valence-electron chi connectivity index (χ1n) is 11.4. The van der Waals surface area contributed by atoms with Gasteiger partial charge in [0.15, 0.2) is 0 Å². The number of likely N-dealkylation sites (tertiary alicyclic amines) is 1. The Kier molecular flexibility index (Phi) is 7.27. The lowest BCUT2D eigenvalue weighted by Gasteiger charge is -2.38. The summed E-state index contributed by atoms with van der Waals surface area (Å²) in [6.45, 7) is 2.11. The lowest BCUT2D eigenvalue weighted by atomic mass is 9.78. The van der Waals surface area contributed by atoms with E-state index >= 15 is 0 Å². The number of amides is 1. The summed E-state index contributed by atoms with van der Waals surface area (Å²) in [6.07, 6.45) is 6.95. The Labute approximate surface area is 205 Å². The molecular weight excluding hydrogens is 472 g/mol. The Hall–Kier alpha value is -3.18. The minimum atomic E-state index is -3.59. The van der Waals surface area contributed by atoms with E-state index in [1.807, 2.05) is 4.90 Å². The van der Waals surface area contributed by atoms with Crippen molar-refractivity contribution in [3.05, 3.63) is 42.1 Å². The molecule has 1 spiro atoms. The Morgan fingerprint density at radius 2 is 1.80 bits per heavy atom. The highest BCUT2D eigenvalue weighted by Crippen LogP contribution is 2.41. The molecule has 2 aliphatic rings. The number of aromatic nitrogens is 2. The lowest BCUT2D eigenvalue weighted by Crippen LogP contribution is -2.44. The van der Waals surface area contributed by atoms with E-state index in [4.69, 9.17) is 14.2 Å². The summed E-state index contributed by atoms with van der Waals surface area (Å²) >= 11 is 0. The van der Waals surface area contributed by atoms with Gasteiger partial charge in [-0.05, 0) is 42.9 Å². The molecule has 0 radical (unpaired) electrons. The molecule has 1 aromatic carbocycles. The molecule has 0 saturated carbocycles. The zero-order valence-corrected chi connectivity index (χ0v) is 21.0. The number of carbonyl (C=O) groups is 1. The summed E-state index contributed by atoms with van der Waals surface area (Å²) in [4.78, 5) is 23.1. The Bertz CT molecular complexity index is 1210. The average molecular weight is 503 g/mol. The molecular formula is C24H30N4O6S. The van der Waals surface area contributed by atoms with Gasteiger partial charge >= 0.3 is 6.01 Å². The Morgan fingerprint density at radius 3 is 2.49 bits per heavy atom. The fourth-order valence-electron chi connectivity index (χ4n) is 4.65. The van der Waals surface area contributed by atoms with Crippen molar-refractivity contribution in [2.45, 2.75) is 24.2 Å². The van der Waals surface area contributed by atoms with Crippen LogP contribution in [0.4, 0.5) is 0 Å². The molecule has 0 unspecified atom stereocenters. The first kappa shape index (κ1) is 24.9. The topological polar surface area (TPSA) is 111 Å². The molecule has 2 fully saturated rings. The summed E-state index contributed by atoms with van der Waals surface area (Å²) in [7, 11) is 0.881. The van der Waals surface area contributed by atoms with Gasteiger partial charge in [0, 0.05) is 44.5 Å². The van der Waals surface area contributed by atoms with E-state index < -0.39 is 10.0 Å². The van der Waals surface area contributed by atoms with Crippen molar-refractivity contribution >= 4 is 22.0 Å². The van der Waals surface area contributed by atoms with Crippen LogP contribution in [0.25, 0.3) is 6.08 Å². The van der Waals surface area contributed by atoms with Gasteiger partial charge < -0.3 is 19.1 Å². The van der Waals surface area contributed by atoms with Gasteiger partial charge in [0.05, 0.1) is 31.8 Å². The molecule has 2 saturated heterocycles. The van der Waals surface area contributed by atoms with Crippen LogP contribution in [0.3, 0.4) is 0 Å². The van der Waals surface area contributed by atoms with Crippen LogP contribution in [0.5, 0.6) is 17.6 Å². The van der Waals surface area contributed by atoms with Gasteiger partial charge in [-0.25, -0.2) is 13.4 Å². The van der Waals surface area contributed by atoms with Crippen LogP contribution in [0.2, 0.25) is 0 Å². The number of nitrogens with zero attached hydrogens (tertiary/aromatic N) is 4. The van der Waals surface area contributed by atoms with Crippen molar-refractivity contribution in [3.63, 3.8) is 0 Å². The molecule has 10 nitrogen and oxygen atoms in total. The number of hydrogen-bond acceptors (Lipinski definition) is 8. The summed E-state index contributed by atoms with van der Waals surface area (Å²) in [5.41, 5.74) is 0.511. The van der Waals surface area contributed by atoms with E-state index in [9.17, 15) is 13.2 Å². The second kappa shape index (κ2) is 10.2. The van der Waals surface area contributed by atoms with Crippen LogP contribution in [0.15, 0.2) is 41.4 Å². The molecule has 1 amide bonds. The SMILES string of the molecule is COc1cccc(S(=O)(=O)N2CCC3(CCN(C(=O)C=Cc4cnc(OC)nc4OC)C3)CC2)c1. The molecule has 1 aromatic heterocycles. The molecule has 35 heavy (non-hydrogen) atoms. The van der Waals surface area contributed by atoms with Crippen LogP contribution >= 0.6 is 0 Å². The monoisotopic (exact) mass is 502 g/mol. The van der Waals surface area contributed by atoms with Crippen molar-refractivity contribution in [1.82, 2.24) is 19.2 Å². The second-order valence-corrected chi connectivity index (χ2v) is 10.7. The third-order valence-corrected chi connectivity index (χ3v) is 8.65. The molecule has 0 bridgehead atoms. The highest BCUT2D eigenvalue weighted by molar-refractivity contribution is 7.89. The predicted octanol–water partition coefficient (Wildman–Crippen LogP) is 2.22. The van der Waals surface area contributed by atoms with Crippen molar-refractivity contribution in [2.24, 2.45) is 5.41 Å². The minimum Gasteiger partial charge on any atom is -0.497 e. The van der Waals surface area contributed by atoms with Crippen molar-refractivity contribution < 1.29 is 27.4 Å².